The average molecular weight is 337 g/mol. The number of aryl methyl sites for hydroxylation is 1. The van der Waals surface area contributed by atoms with Gasteiger partial charge in [0.2, 0.25) is 5.91 Å². The van der Waals surface area contributed by atoms with E-state index >= 15 is 0 Å². The van der Waals surface area contributed by atoms with Gasteiger partial charge in [-0.2, -0.15) is 10.2 Å². The Morgan fingerprint density at radius 1 is 1.16 bits per heavy atom. The molecule has 1 aromatic carbocycles. The van der Waals surface area contributed by atoms with Gasteiger partial charge < -0.3 is 4.90 Å². The van der Waals surface area contributed by atoms with Crippen molar-refractivity contribution < 1.29 is 4.79 Å². The van der Waals surface area contributed by atoms with E-state index in [-0.39, 0.29) is 5.91 Å². The Labute approximate surface area is 147 Å². The first-order valence-corrected chi connectivity index (χ1v) is 8.99. The van der Waals surface area contributed by atoms with Crippen molar-refractivity contribution in [1.29, 1.82) is 0 Å². The molecule has 4 rings (SSSR count). The van der Waals surface area contributed by atoms with Crippen LogP contribution < -0.4 is 0 Å². The van der Waals surface area contributed by atoms with Gasteiger partial charge in [-0.25, -0.2) is 0 Å². The highest BCUT2D eigenvalue weighted by atomic mass is 16.2. The highest BCUT2D eigenvalue weighted by Crippen LogP contribution is 2.21. The van der Waals surface area contributed by atoms with Gasteiger partial charge in [0.05, 0.1) is 5.52 Å². The monoisotopic (exact) mass is 337 g/mol. The van der Waals surface area contributed by atoms with Crippen molar-refractivity contribution >= 4 is 16.8 Å². The molecule has 6 heteroatoms. The summed E-state index contributed by atoms with van der Waals surface area (Å²) in [7, 11) is 0. The first kappa shape index (κ1) is 15.9. The predicted molar refractivity (Wildman–Crippen MR) is 95.9 cm³/mol. The van der Waals surface area contributed by atoms with E-state index in [1.54, 1.807) is 10.9 Å². The molecule has 0 radical (unpaired) electrons. The molecule has 0 spiro atoms. The lowest BCUT2D eigenvalue weighted by atomic mass is 9.99. The van der Waals surface area contributed by atoms with Crippen LogP contribution in [0, 0.1) is 0 Å². The number of hydrogen-bond acceptors (Lipinski definition) is 3. The lowest BCUT2D eigenvalue weighted by molar-refractivity contribution is -0.136. The summed E-state index contributed by atoms with van der Waals surface area (Å²) in [4.78, 5) is 14.9. The Hall–Kier alpha value is -2.63. The molecule has 0 aliphatic carbocycles. The number of hydrogen-bond donors (Lipinski definition) is 0. The molecule has 3 aromatic rings. The SMILES string of the molecule is O=C(Cn1cc2ccccc2n1)N1CCCCC1CCn1cccn1. The molecule has 3 heterocycles. The molecule has 25 heavy (non-hydrogen) atoms. The summed E-state index contributed by atoms with van der Waals surface area (Å²) in [6, 6.07) is 10.2. The second-order valence-electron chi connectivity index (χ2n) is 6.68. The zero-order chi connectivity index (χ0) is 17.1. The van der Waals surface area contributed by atoms with Crippen molar-refractivity contribution in [2.45, 2.75) is 44.8 Å². The number of carbonyl (C=O) groups excluding carboxylic acids is 1. The van der Waals surface area contributed by atoms with Gasteiger partial charge in [-0.3, -0.25) is 14.2 Å². The van der Waals surface area contributed by atoms with Gasteiger partial charge in [0.1, 0.15) is 6.54 Å². The van der Waals surface area contributed by atoms with Crippen molar-refractivity contribution in [3.8, 4) is 0 Å². The molecule has 6 nitrogen and oxygen atoms in total. The van der Waals surface area contributed by atoms with E-state index in [9.17, 15) is 4.79 Å². The van der Waals surface area contributed by atoms with Crippen molar-refractivity contribution in [1.82, 2.24) is 24.5 Å². The number of aromatic nitrogens is 4. The first-order chi connectivity index (χ1) is 12.3. The number of piperidine rings is 1. The van der Waals surface area contributed by atoms with Crippen LogP contribution in [0.15, 0.2) is 48.9 Å². The number of likely N-dealkylation sites (tertiary alicyclic amines) is 1. The normalized spacial score (nSPS) is 17.9. The topological polar surface area (TPSA) is 56.0 Å². The summed E-state index contributed by atoms with van der Waals surface area (Å²) in [5.41, 5.74) is 0.934. The summed E-state index contributed by atoms with van der Waals surface area (Å²) in [6.07, 6.45) is 10.0. The fourth-order valence-corrected chi connectivity index (χ4v) is 3.67. The largest absolute Gasteiger partial charge is 0.338 e. The third kappa shape index (κ3) is 3.57. The van der Waals surface area contributed by atoms with Gasteiger partial charge in [0.15, 0.2) is 0 Å². The molecule has 1 unspecified atom stereocenters. The fourth-order valence-electron chi connectivity index (χ4n) is 3.67. The van der Waals surface area contributed by atoms with Crippen LogP contribution >= 0.6 is 0 Å². The quantitative estimate of drug-likeness (QED) is 0.719. The van der Waals surface area contributed by atoms with Crippen LogP contribution in [0.3, 0.4) is 0 Å². The van der Waals surface area contributed by atoms with E-state index in [2.05, 4.69) is 15.1 Å². The number of rotatable bonds is 5. The molecule has 1 aliphatic rings. The highest BCUT2D eigenvalue weighted by Gasteiger charge is 2.26. The number of fused-ring (bicyclic) bond motifs is 1. The second-order valence-corrected chi connectivity index (χ2v) is 6.68. The molecule has 2 aromatic heterocycles. The third-order valence-electron chi connectivity index (χ3n) is 4.96. The molecule has 0 bridgehead atoms. The predicted octanol–water partition coefficient (Wildman–Crippen LogP) is 2.70. The maximum absolute atomic E-state index is 12.9. The van der Waals surface area contributed by atoms with Crippen molar-refractivity contribution in [3.63, 3.8) is 0 Å². The fraction of sp³-hybridized carbons (Fsp3) is 0.421. The second kappa shape index (κ2) is 7.09. The number of benzene rings is 1. The molecule has 0 saturated carbocycles. The number of nitrogens with zero attached hydrogens (tertiary/aromatic N) is 5. The summed E-state index contributed by atoms with van der Waals surface area (Å²) in [6.45, 7) is 2.02. The number of amides is 1. The minimum absolute atomic E-state index is 0.165. The van der Waals surface area contributed by atoms with E-state index in [0.717, 1.165) is 43.3 Å². The molecule has 1 amide bonds. The maximum atomic E-state index is 12.9. The summed E-state index contributed by atoms with van der Waals surface area (Å²) < 4.78 is 3.71. The molecular weight excluding hydrogens is 314 g/mol. The van der Waals surface area contributed by atoms with Crippen LogP contribution in [-0.2, 0) is 17.9 Å². The molecule has 1 fully saturated rings. The molecule has 1 aliphatic heterocycles. The Morgan fingerprint density at radius 3 is 2.92 bits per heavy atom. The van der Waals surface area contributed by atoms with Gasteiger partial charge in [-0.1, -0.05) is 18.2 Å². The standard InChI is InChI=1S/C19H23N5O/c25-19(15-23-14-16-6-1-2-8-18(16)21-23)24-12-4-3-7-17(24)9-13-22-11-5-10-20-22/h1-2,5-6,8,10-11,14,17H,3-4,7,9,12-13,15H2. The van der Waals surface area contributed by atoms with Crippen molar-refractivity contribution in [3.05, 3.63) is 48.9 Å². The Kier molecular flexibility index (Phi) is 4.50. The minimum Gasteiger partial charge on any atom is -0.338 e. The van der Waals surface area contributed by atoms with Crippen LogP contribution in [-0.4, -0.2) is 43.0 Å². The zero-order valence-electron chi connectivity index (χ0n) is 14.3. The maximum Gasteiger partial charge on any atom is 0.244 e. The van der Waals surface area contributed by atoms with E-state index in [4.69, 9.17) is 0 Å². The van der Waals surface area contributed by atoms with Crippen LogP contribution in [0.4, 0.5) is 0 Å². The molecule has 1 saturated heterocycles. The Morgan fingerprint density at radius 2 is 2.08 bits per heavy atom. The van der Waals surface area contributed by atoms with Crippen LogP contribution in [0.25, 0.3) is 10.9 Å². The summed E-state index contributed by atoms with van der Waals surface area (Å²) in [5.74, 6) is 0.165. The molecule has 0 N–H and O–H groups in total. The molecular formula is C19H23N5O. The third-order valence-corrected chi connectivity index (χ3v) is 4.96. The van der Waals surface area contributed by atoms with Gasteiger partial charge in [0.25, 0.3) is 0 Å². The van der Waals surface area contributed by atoms with Crippen LogP contribution in [0.2, 0.25) is 0 Å². The van der Waals surface area contributed by atoms with Crippen molar-refractivity contribution in [2.75, 3.05) is 6.54 Å². The van der Waals surface area contributed by atoms with E-state index in [1.807, 2.05) is 47.4 Å². The lowest BCUT2D eigenvalue weighted by Crippen LogP contribution is -2.45. The van der Waals surface area contributed by atoms with Gasteiger partial charge in [-0.15, -0.1) is 0 Å². The van der Waals surface area contributed by atoms with E-state index in [0.29, 0.717) is 12.6 Å². The van der Waals surface area contributed by atoms with Gasteiger partial charge in [0, 0.05) is 43.1 Å². The van der Waals surface area contributed by atoms with E-state index < -0.39 is 0 Å². The molecule has 130 valence electrons. The van der Waals surface area contributed by atoms with Gasteiger partial charge >= 0.3 is 0 Å². The van der Waals surface area contributed by atoms with Crippen molar-refractivity contribution in [2.24, 2.45) is 0 Å². The van der Waals surface area contributed by atoms with Crippen LogP contribution in [0.5, 0.6) is 0 Å². The van der Waals surface area contributed by atoms with Crippen LogP contribution in [0.1, 0.15) is 25.7 Å². The minimum atomic E-state index is 0.165. The zero-order valence-corrected chi connectivity index (χ0v) is 14.3. The Balaban J connectivity index is 1.42. The van der Waals surface area contributed by atoms with Gasteiger partial charge in [-0.05, 0) is 37.8 Å². The average Bonchev–Trinajstić information content (AvgIpc) is 3.29. The first-order valence-electron chi connectivity index (χ1n) is 8.99. The summed E-state index contributed by atoms with van der Waals surface area (Å²) >= 11 is 0. The smallest absolute Gasteiger partial charge is 0.244 e. The summed E-state index contributed by atoms with van der Waals surface area (Å²) in [5, 5.41) is 9.85. The molecule has 1 atom stereocenters. The highest BCUT2D eigenvalue weighted by molar-refractivity contribution is 5.80. The lowest BCUT2D eigenvalue weighted by Gasteiger charge is -2.36. The van der Waals surface area contributed by atoms with E-state index in [1.165, 1.54) is 6.42 Å². The Bertz CT molecular complexity index is 806. The number of carbonyl (C=O) groups is 1.